The zero-order chi connectivity index (χ0) is 6.41. The minimum absolute atomic E-state index is 0.663. The van der Waals surface area contributed by atoms with Crippen LogP contribution in [0.1, 0.15) is 6.92 Å². The number of nitrogens with zero attached hydrogens (tertiary/aromatic N) is 1. The number of rotatable bonds is 1. The lowest BCUT2D eigenvalue weighted by Gasteiger charge is -1.88. The molecule has 2 nitrogen and oxygen atoms in total. The van der Waals surface area contributed by atoms with Gasteiger partial charge in [-0.25, -0.2) is 0 Å². The van der Waals surface area contributed by atoms with E-state index in [4.69, 9.17) is 5.26 Å². The van der Waals surface area contributed by atoms with Gasteiger partial charge in [0.05, 0.1) is 11.1 Å². The van der Waals surface area contributed by atoms with Gasteiger partial charge in [-0.2, -0.15) is 5.26 Å². The first-order valence-electron chi connectivity index (χ1n) is 2.09. The van der Waals surface area contributed by atoms with Crippen LogP contribution in [-0.2, 0) is 0 Å². The Labute approximate surface area is 53.8 Å². The highest BCUT2D eigenvalue weighted by atomic mass is 32.1. The van der Waals surface area contributed by atoms with E-state index in [1.165, 1.54) is 12.3 Å². The molecule has 3 heteroatoms. The maximum atomic E-state index is 7.96. The van der Waals surface area contributed by atoms with Crippen LogP contribution in [0.4, 0.5) is 0 Å². The Morgan fingerprint density at radius 2 is 2.50 bits per heavy atom. The first kappa shape index (κ1) is 7.12. The molecular weight excluding hydrogens is 120 g/mol. The van der Waals surface area contributed by atoms with Crippen molar-refractivity contribution in [1.82, 2.24) is 5.32 Å². The second kappa shape index (κ2) is 4.28. The SMILES string of the molecule is CC(=S)N/C=C/C#N. The van der Waals surface area contributed by atoms with E-state index in [2.05, 4.69) is 17.5 Å². The van der Waals surface area contributed by atoms with E-state index in [1.807, 2.05) is 6.07 Å². The summed E-state index contributed by atoms with van der Waals surface area (Å²) in [5.41, 5.74) is 0. The van der Waals surface area contributed by atoms with Crippen LogP contribution in [0.5, 0.6) is 0 Å². The number of allylic oxidation sites excluding steroid dienone is 1. The third-order valence-electron chi connectivity index (χ3n) is 0.444. The number of thiocarbonyl (C=S) groups is 1. The molecule has 0 saturated carbocycles. The molecule has 0 rings (SSSR count). The Balaban J connectivity index is 3.34. The van der Waals surface area contributed by atoms with Gasteiger partial charge in [-0.05, 0) is 6.92 Å². The molecule has 0 bridgehead atoms. The van der Waals surface area contributed by atoms with Crippen molar-refractivity contribution in [1.29, 1.82) is 5.26 Å². The van der Waals surface area contributed by atoms with Gasteiger partial charge in [0, 0.05) is 12.3 Å². The molecular formula is C5H6N2S. The van der Waals surface area contributed by atoms with Gasteiger partial charge >= 0.3 is 0 Å². The Bertz CT molecular complexity index is 143. The predicted octanol–water partition coefficient (Wildman–Crippen LogP) is 0.961. The smallest absolute Gasteiger partial charge is 0.0927 e. The average molecular weight is 126 g/mol. The van der Waals surface area contributed by atoms with Crippen molar-refractivity contribution >= 4 is 17.2 Å². The Hall–Kier alpha value is -0.880. The van der Waals surface area contributed by atoms with Crippen molar-refractivity contribution in [2.45, 2.75) is 6.92 Å². The first-order chi connectivity index (χ1) is 3.77. The summed E-state index contributed by atoms with van der Waals surface area (Å²) in [5, 5.41) is 10.6. The van der Waals surface area contributed by atoms with Crippen LogP contribution >= 0.6 is 12.2 Å². The quantitative estimate of drug-likeness (QED) is 0.420. The molecule has 0 spiro atoms. The van der Waals surface area contributed by atoms with Crippen LogP contribution in [0, 0.1) is 11.3 Å². The summed E-state index contributed by atoms with van der Waals surface area (Å²) in [5.74, 6) is 0. The van der Waals surface area contributed by atoms with E-state index in [0.29, 0.717) is 4.99 Å². The van der Waals surface area contributed by atoms with Gasteiger partial charge in [0.2, 0.25) is 0 Å². The maximum Gasteiger partial charge on any atom is 0.0927 e. The van der Waals surface area contributed by atoms with Crippen LogP contribution in [0.25, 0.3) is 0 Å². The molecule has 0 radical (unpaired) electrons. The molecule has 0 aromatic carbocycles. The van der Waals surface area contributed by atoms with E-state index in [9.17, 15) is 0 Å². The van der Waals surface area contributed by atoms with Crippen LogP contribution in [0.15, 0.2) is 12.3 Å². The second-order valence-electron chi connectivity index (χ2n) is 1.16. The molecule has 0 aromatic heterocycles. The molecule has 0 aliphatic carbocycles. The third-order valence-corrected chi connectivity index (χ3v) is 0.562. The molecule has 0 aliphatic heterocycles. The average Bonchev–Trinajstić information content (AvgIpc) is 1.66. The van der Waals surface area contributed by atoms with Crippen molar-refractivity contribution in [3.63, 3.8) is 0 Å². The molecule has 8 heavy (non-hydrogen) atoms. The summed E-state index contributed by atoms with van der Waals surface area (Å²) in [6.07, 6.45) is 2.83. The topological polar surface area (TPSA) is 35.8 Å². The molecule has 1 N–H and O–H groups in total. The van der Waals surface area contributed by atoms with Gasteiger partial charge in [0.25, 0.3) is 0 Å². The largest absolute Gasteiger partial charge is 0.356 e. The number of hydrogen-bond donors (Lipinski definition) is 1. The van der Waals surface area contributed by atoms with Crippen molar-refractivity contribution < 1.29 is 0 Å². The Morgan fingerprint density at radius 3 is 2.88 bits per heavy atom. The van der Waals surface area contributed by atoms with Crippen molar-refractivity contribution in [2.75, 3.05) is 0 Å². The molecule has 0 aliphatic rings. The number of nitriles is 1. The number of nitrogens with one attached hydrogen (secondary N) is 1. The molecule has 0 unspecified atom stereocenters. The highest BCUT2D eigenvalue weighted by molar-refractivity contribution is 7.80. The highest BCUT2D eigenvalue weighted by Gasteiger charge is 1.73. The summed E-state index contributed by atoms with van der Waals surface area (Å²) in [6.45, 7) is 1.75. The van der Waals surface area contributed by atoms with Gasteiger partial charge in [-0.1, -0.05) is 12.2 Å². The normalized spacial score (nSPS) is 8.50. The van der Waals surface area contributed by atoms with Crippen LogP contribution in [0.3, 0.4) is 0 Å². The molecule has 0 atom stereocenters. The fraction of sp³-hybridized carbons (Fsp3) is 0.200. The van der Waals surface area contributed by atoms with Gasteiger partial charge in [-0.3, -0.25) is 0 Å². The van der Waals surface area contributed by atoms with Crippen LogP contribution < -0.4 is 5.32 Å². The zero-order valence-corrected chi connectivity index (χ0v) is 5.33. The number of hydrogen-bond acceptors (Lipinski definition) is 2. The lowest BCUT2D eigenvalue weighted by Crippen LogP contribution is -2.08. The Morgan fingerprint density at radius 1 is 1.88 bits per heavy atom. The summed E-state index contributed by atoms with van der Waals surface area (Å²) in [6, 6.07) is 1.82. The fourth-order valence-electron chi connectivity index (χ4n) is 0.196. The van der Waals surface area contributed by atoms with Crippen molar-refractivity contribution in [3.05, 3.63) is 12.3 Å². The summed E-state index contributed by atoms with van der Waals surface area (Å²) >= 11 is 4.64. The standard InChI is InChI=1S/C5H6N2S/c1-5(8)7-4-2-3-6/h2,4H,1H3,(H,7,8)/b4-2+. The van der Waals surface area contributed by atoms with Crippen LogP contribution in [0.2, 0.25) is 0 Å². The van der Waals surface area contributed by atoms with E-state index >= 15 is 0 Å². The van der Waals surface area contributed by atoms with Gasteiger partial charge in [-0.15, -0.1) is 0 Å². The fourth-order valence-corrected chi connectivity index (χ4v) is 0.264. The predicted molar refractivity (Wildman–Crippen MR) is 36.2 cm³/mol. The van der Waals surface area contributed by atoms with Crippen molar-refractivity contribution in [2.24, 2.45) is 0 Å². The van der Waals surface area contributed by atoms with Crippen molar-refractivity contribution in [3.8, 4) is 6.07 Å². The highest BCUT2D eigenvalue weighted by Crippen LogP contribution is 1.67. The lowest BCUT2D eigenvalue weighted by molar-refractivity contribution is 1.30. The summed E-state index contributed by atoms with van der Waals surface area (Å²) in [7, 11) is 0. The van der Waals surface area contributed by atoms with E-state index in [1.54, 1.807) is 6.92 Å². The molecule has 0 saturated heterocycles. The second-order valence-corrected chi connectivity index (χ2v) is 1.78. The van der Waals surface area contributed by atoms with E-state index < -0.39 is 0 Å². The first-order valence-corrected chi connectivity index (χ1v) is 2.50. The Kier molecular flexibility index (Phi) is 3.81. The molecule has 0 fully saturated rings. The molecule has 42 valence electrons. The monoisotopic (exact) mass is 126 g/mol. The lowest BCUT2D eigenvalue weighted by atomic mass is 10.6. The van der Waals surface area contributed by atoms with Gasteiger partial charge in [0.15, 0.2) is 0 Å². The van der Waals surface area contributed by atoms with E-state index in [-0.39, 0.29) is 0 Å². The van der Waals surface area contributed by atoms with Gasteiger partial charge in [0.1, 0.15) is 0 Å². The molecule has 0 aromatic rings. The third kappa shape index (κ3) is 5.12. The minimum atomic E-state index is 0.663. The molecule has 0 amide bonds. The van der Waals surface area contributed by atoms with E-state index in [0.717, 1.165) is 0 Å². The zero-order valence-electron chi connectivity index (χ0n) is 4.51. The summed E-state index contributed by atoms with van der Waals surface area (Å²) in [4.78, 5) is 0.663. The molecule has 0 heterocycles. The summed E-state index contributed by atoms with van der Waals surface area (Å²) < 4.78 is 0. The minimum Gasteiger partial charge on any atom is -0.356 e. The van der Waals surface area contributed by atoms with Gasteiger partial charge < -0.3 is 5.32 Å². The van der Waals surface area contributed by atoms with Crippen LogP contribution in [-0.4, -0.2) is 4.99 Å². The maximum absolute atomic E-state index is 7.96.